The summed E-state index contributed by atoms with van der Waals surface area (Å²) in [5, 5.41) is 14.0. The lowest BCUT2D eigenvalue weighted by Crippen LogP contribution is -2.46. The van der Waals surface area contributed by atoms with Gasteiger partial charge < -0.3 is 15.5 Å². The molecule has 0 saturated heterocycles. The highest BCUT2D eigenvalue weighted by atomic mass is 35.5. The summed E-state index contributed by atoms with van der Waals surface area (Å²) in [6.07, 6.45) is 7.65. The Morgan fingerprint density at radius 2 is 1.79 bits per heavy atom. The van der Waals surface area contributed by atoms with E-state index in [1.54, 1.807) is 6.20 Å². The van der Waals surface area contributed by atoms with Crippen molar-refractivity contribution in [3.8, 4) is 11.1 Å². The number of halogens is 1. The molecule has 0 atom stereocenters. The van der Waals surface area contributed by atoms with E-state index in [-0.39, 0.29) is 29.4 Å². The van der Waals surface area contributed by atoms with E-state index in [1.165, 1.54) is 0 Å². The van der Waals surface area contributed by atoms with Crippen LogP contribution in [0.3, 0.4) is 0 Å². The van der Waals surface area contributed by atoms with Crippen LogP contribution in [0.15, 0.2) is 18.5 Å². The standard InChI is InChI=1S/C24H34ClN7O2/c1-24(2)10-20-18(11-27-32(20)14-24)17-9-21(26-12-19(17)25)30-23(34)29-16-7-5-15(6-8-16)28-22(33)13-31(3)4/h9,11-12,15-16H,5-8,10,13-14H2,1-4H3,(H,28,33)(H2,26,29,30,34). The van der Waals surface area contributed by atoms with Gasteiger partial charge in [0, 0.05) is 41.6 Å². The summed E-state index contributed by atoms with van der Waals surface area (Å²) in [6.45, 7) is 5.71. The number of amides is 3. The van der Waals surface area contributed by atoms with Crippen molar-refractivity contribution in [1.29, 1.82) is 0 Å². The second-order valence-electron chi connectivity index (χ2n) is 10.5. The van der Waals surface area contributed by atoms with Crippen LogP contribution in [-0.4, -0.2) is 64.3 Å². The first-order valence-corrected chi connectivity index (χ1v) is 12.2. The van der Waals surface area contributed by atoms with Gasteiger partial charge in [0.1, 0.15) is 5.82 Å². The summed E-state index contributed by atoms with van der Waals surface area (Å²) < 4.78 is 2.03. The number of rotatable bonds is 6. The molecule has 1 aliphatic carbocycles. The smallest absolute Gasteiger partial charge is 0.320 e. The van der Waals surface area contributed by atoms with Gasteiger partial charge in [-0.1, -0.05) is 25.4 Å². The van der Waals surface area contributed by atoms with Gasteiger partial charge in [-0.15, -0.1) is 0 Å². The molecule has 1 fully saturated rings. The predicted molar refractivity (Wildman–Crippen MR) is 133 cm³/mol. The molecule has 2 aromatic rings. The van der Waals surface area contributed by atoms with E-state index in [2.05, 4.69) is 39.9 Å². The number of carbonyl (C=O) groups is 2. The lowest BCUT2D eigenvalue weighted by atomic mass is 9.89. The number of carbonyl (C=O) groups excluding carboxylic acids is 2. The normalized spacial score (nSPS) is 21.2. The molecular weight excluding hydrogens is 454 g/mol. The Morgan fingerprint density at radius 1 is 1.12 bits per heavy atom. The molecular formula is C24H34ClN7O2. The zero-order valence-electron chi connectivity index (χ0n) is 20.3. The average molecular weight is 488 g/mol. The van der Waals surface area contributed by atoms with Crippen LogP contribution in [-0.2, 0) is 17.8 Å². The number of likely N-dealkylation sites (N-methyl/N-ethyl adjacent to an activating group) is 1. The predicted octanol–water partition coefficient (Wildman–Crippen LogP) is 3.29. The number of urea groups is 1. The van der Waals surface area contributed by atoms with Crippen LogP contribution in [0, 0.1) is 5.41 Å². The quantitative estimate of drug-likeness (QED) is 0.580. The van der Waals surface area contributed by atoms with Crippen LogP contribution >= 0.6 is 11.6 Å². The Kier molecular flexibility index (Phi) is 7.14. The summed E-state index contributed by atoms with van der Waals surface area (Å²) in [7, 11) is 3.75. The fourth-order valence-corrected chi connectivity index (χ4v) is 5.07. The SMILES string of the molecule is CN(C)CC(=O)NC1CCC(NC(=O)Nc2cc(-c3cnn4c3CC(C)(C)C4)c(Cl)cn2)CC1. The van der Waals surface area contributed by atoms with Gasteiger partial charge in [0.15, 0.2) is 0 Å². The van der Waals surface area contributed by atoms with Crippen molar-refractivity contribution in [3.63, 3.8) is 0 Å². The van der Waals surface area contributed by atoms with Crippen molar-refractivity contribution in [2.75, 3.05) is 26.0 Å². The van der Waals surface area contributed by atoms with Gasteiger partial charge in [-0.05, 0) is 57.7 Å². The van der Waals surface area contributed by atoms with Gasteiger partial charge in [-0.2, -0.15) is 5.10 Å². The van der Waals surface area contributed by atoms with E-state index in [9.17, 15) is 9.59 Å². The highest BCUT2D eigenvalue weighted by Gasteiger charge is 2.32. The maximum Gasteiger partial charge on any atom is 0.320 e. The second kappa shape index (κ2) is 9.92. The molecule has 0 spiro atoms. The maximum absolute atomic E-state index is 12.6. The van der Waals surface area contributed by atoms with Crippen LogP contribution in [0.25, 0.3) is 11.1 Å². The topological polar surface area (TPSA) is 104 Å². The minimum absolute atomic E-state index is 0.0383. The van der Waals surface area contributed by atoms with E-state index in [0.717, 1.165) is 55.5 Å². The van der Waals surface area contributed by atoms with Crippen molar-refractivity contribution in [2.45, 2.75) is 64.6 Å². The van der Waals surface area contributed by atoms with Gasteiger partial charge in [-0.25, -0.2) is 9.78 Å². The second-order valence-corrected chi connectivity index (χ2v) is 10.9. The third-order valence-electron chi connectivity index (χ3n) is 6.45. The Bertz CT molecular complexity index is 1060. The van der Waals surface area contributed by atoms with Crippen LogP contribution in [0.1, 0.15) is 45.2 Å². The third kappa shape index (κ3) is 5.88. The molecule has 4 rings (SSSR count). The molecule has 2 aliphatic rings. The van der Waals surface area contributed by atoms with Crippen LogP contribution in [0.2, 0.25) is 5.02 Å². The zero-order chi connectivity index (χ0) is 24.5. The Balaban J connectivity index is 1.32. The highest BCUT2D eigenvalue weighted by molar-refractivity contribution is 6.33. The summed E-state index contributed by atoms with van der Waals surface area (Å²) >= 11 is 6.47. The first kappa shape index (κ1) is 24.5. The third-order valence-corrected chi connectivity index (χ3v) is 6.75. The van der Waals surface area contributed by atoms with Crippen LogP contribution in [0.4, 0.5) is 10.6 Å². The Labute approximate surface area is 205 Å². The Morgan fingerprint density at radius 3 is 2.47 bits per heavy atom. The van der Waals surface area contributed by atoms with Crippen LogP contribution in [0.5, 0.6) is 0 Å². The summed E-state index contributed by atoms with van der Waals surface area (Å²) in [4.78, 5) is 30.7. The fourth-order valence-electron chi connectivity index (χ4n) is 4.87. The van der Waals surface area contributed by atoms with Crippen molar-refractivity contribution in [1.82, 2.24) is 30.3 Å². The number of anilines is 1. The highest BCUT2D eigenvalue weighted by Crippen LogP contribution is 2.39. The van der Waals surface area contributed by atoms with Crippen molar-refractivity contribution in [2.24, 2.45) is 5.41 Å². The number of hydrogen-bond donors (Lipinski definition) is 3. The van der Waals surface area contributed by atoms with E-state index in [0.29, 0.717) is 17.4 Å². The summed E-state index contributed by atoms with van der Waals surface area (Å²) in [5.74, 6) is 0.482. The number of nitrogens with zero attached hydrogens (tertiary/aromatic N) is 4. The lowest BCUT2D eigenvalue weighted by Gasteiger charge is -2.30. The number of fused-ring (bicyclic) bond motifs is 1. The monoisotopic (exact) mass is 487 g/mol. The molecule has 2 aromatic heterocycles. The number of hydrogen-bond acceptors (Lipinski definition) is 5. The molecule has 34 heavy (non-hydrogen) atoms. The molecule has 0 bridgehead atoms. The lowest BCUT2D eigenvalue weighted by molar-refractivity contribution is -0.122. The van der Waals surface area contributed by atoms with E-state index < -0.39 is 0 Å². The van der Waals surface area contributed by atoms with Gasteiger partial charge >= 0.3 is 6.03 Å². The van der Waals surface area contributed by atoms with Gasteiger partial charge in [-0.3, -0.25) is 14.8 Å². The van der Waals surface area contributed by atoms with E-state index in [1.807, 2.05) is 35.9 Å². The van der Waals surface area contributed by atoms with Gasteiger partial charge in [0.05, 0.1) is 17.8 Å². The molecule has 0 radical (unpaired) electrons. The molecule has 3 amide bonds. The average Bonchev–Trinajstić information content (AvgIpc) is 3.25. The maximum atomic E-state index is 12.6. The first-order chi connectivity index (χ1) is 16.1. The molecule has 0 unspecified atom stereocenters. The largest absolute Gasteiger partial charge is 0.352 e. The molecule has 3 heterocycles. The Hall–Kier alpha value is -2.65. The number of nitrogens with one attached hydrogen (secondary N) is 3. The minimum atomic E-state index is -0.290. The first-order valence-electron chi connectivity index (χ1n) is 11.8. The number of pyridine rings is 1. The van der Waals surface area contributed by atoms with Crippen molar-refractivity contribution >= 4 is 29.4 Å². The summed E-state index contributed by atoms with van der Waals surface area (Å²) in [6, 6.07) is 1.75. The molecule has 184 valence electrons. The zero-order valence-corrected chi connectivity index (χ0v) is 21.1. The van der Waals surface area contributed by atoms with Crippen molar-refractivity contribution < 1.29 is 9.59 Å². The molecule has 3 N–H and O–H groups in total. The van der Waals surface area contributed by atoms with Crippen LogP contribution < -0.4 is 16.0 Å². The van der Waals surface area contributed by atoms with Gasteiger partial charge in [0.25, 0.3) is 0 Å². The van der Waals surface area contributed by atoms with Gasteiger partial charge in [0.2, 0.25) is 5.91 Å². The summed E-state index contributed by atoms with van der Waals surface area (Å²) in [5.41, 5.74) is 3.12. The molecule has 9 nitrogen and oxygen atoms in total. The number of aromatic nitrogens is 3. The fraction of sp³-hybridized carbons (Fsp3) is 0.583. The molecule has 1 saturated carbocycles. The molecule has 0 aromatic carbocycles. The molecule has 1 aliphatic heterocycles. The van der Waals surface area contributed by atoms with E-state index >= 15 is 0 Å². The van der Waals surface area contributed by atoms with E-state index in [4.69, 9.17) is 11.6 Å². The van der Waals surface area contributed by atoms with Crippen molar-refractivity contribution in [3.05, 3.63) is 29.2 Å². The minimum Gasteiger partial charge on any atom is -0.352 e. The molecule has 10 heteroatoms.